The van der Waals surface area contributed by atoms with Gasteiger partial charge in [-0.25, -0.2) is 0 Å². The summed E-state index contributed by atoms with van der Waals surface area (Å²) in [6, 6.07) is 8.45. The summed E-state index contributed by atoms with van der Waals surface area (Å²) in [5, 5.41) is 6.85. The van der Waals surface area contributed by atoms with E-state index in [0.717, 1.165) is 5.75 Å². The van der Waals surface area contributed by atoms with Crippen LogP contribution in [0.4, 0.5) is 11.5 Å². The molecule has 1 heterocycles. The fraction of sp³-hybridized carbons (Fsp3) is 0.286. The van der Waals surface area contributed by atoms with Crippen molar-refractivity contribution >= 4 is 17.4 Å². The third-order valence-electron chi connectivity index (χ3n) is 2.84. The van der Waals surface area contributed by atoms with Gasteiger partial charge in [-0.15, -0.1) is 0 Å². The SMILES string of the molecule is CCOc1ccc(NC(=O)C(C)n2ccc(N)n2)cc1. The summed E-state index contributed by atoms with van der Waals surface area (Å²) in [4.78, 5) is 12.1. The Balaban J connectivity index is 2.00. The molecule has 1 aromatic carbocycles. The van der Waals surface area contributed by atoms with E-state index in [1.54, 1.807) is 31.3 Å². The van der Waals surface area contributed by atoms with E-state index in [4.69, 9.17) is 10.5 Å². The van der Waals surface area contributed by atoms with Gasteiger partial charge in [0.05, 0.1) is 6.61 Å². The van der Waals surface area contributed by atoms with E-state index >= 15 is 0 Å². The van der Waals surface area contributed by atoms with Crippen LogP contribution >= 0.6 is 0 Å². The van der Waals surface area contributed by atoms with Gasteiger partial charge in [0.2, 0.25) is 5.91 Å². The summed E-state index contributed by atoms with van der Waals surface area (Å²) in [7, 11) is 0. The number of nitrogens with two attached hydrogens (primary N) is 1. The Morgan fingerprint density at radius 3 is 2.65 bits per heavy atom. The van der Waals surface area contributed by atoms with Gasteiger partial charge < -0.3 is 15.8 Å². The van der Waals surface area contributed by atoms with Crippen molar-refractivity contribution in [3.05, 3.63) is 36.5 Å². The fourth-order valence-electron chi connectivity index (χ4n) is 1.74. The van der Waals surface area contributed by atoms with Crippen LogP contribution in [0.3, 0.4) is 0 Å². The minimum absolute atomic E-state index is 0.155. The second kappa shape index (κ2) is 6.10. The number of nitrogen functional groups attached to an aromatic ring is 1. The predicted octanol–water partition coefficient (Wildman–Crippen LogP) is 2.06. The highest BCUT2D eigenvalue weighted by molar-refractivity contribution is 5.93. The molecule has 3 N–H and O–H groups in total. The Bertz CT molecular complexity index is 577. The van der Waals surface area contributed by atoms with Crippen LogP contribution in [-0.4, -0.2) is 22.3 Å². The van der Waals surface area contributed by atoms with Gasteiger partial charge in [-0.1, -0.05) is 0 Å². The van der Waals surface area contributed by atoms with E-state index in [1.807, 2.05) is 19.1 Å². The Hall–Kier alpha value is -2.50. The molecular weight excluding hydrogens is 256 g/mol. The van der Waals surface area contributed by atoms with Crippen LogP contribution in [0, 0.1) is 0 Å². The number of aromatic nitrogens is 2. The summed E-state index contributed by atoms with van der Waals surface area (Å²) in [6.07, 6.45) is 1.68. The van der Waals surface area contributed by atoms with Gasteiger partial charge in [0.25, 0.3) is 0 Å². The molecule has 1 atom stereocenters. The van der Waals surface area contributed by atoms with Crippen molar-refractivity contribution in [3.63, 3.8) is 0 Å². The van der Waals surface area contributed by atoms with Crippen LogP contribution in [0.25, 0.3) is 0 Å². The molecule has 1 aromatic heterocycles. The first-order valence-corrected chi connectivity index (χ1v) is 6.44. The van der Waals surface area contributed by atoms with Crippen molar-refractivity contribution in [1.82, 2.24) is 9.78 Å². The molecule has 20 heavy (non-hydrogen) atoms. The molecule has 1 amide bonds. The molecule has 0 aliphatic carbocycles. The van der Waals surface area contributed by atoms with Gasteiger partial charge in [0.15, 0.2) is 0 Å². The molecule has 0 radical (unpaired) electrons. The number of anilines is 2. The second-order valence-electron chi connectivity index (χ2n) is 4.34. The van der Waals surface area contributed by atoms with E-state index in [2.05, 4.69) is 10.4 Å². The average molecular weight is 274 g/mol. The fourth-order valence-corrected chi connectivity index (χ4v) is 1.74. The van der Waals surface area contributed by atoms with E-state index in [1.165, 1.54) is 4.68 Å². The third kappa shape index (κ3) is 3.28. The summed E-state index contributed by atoms with van der Waals surface area (Å²) >= 11 is 0. The largest absolute Gasteiger partial charge is 0.494 e. The molecule has 106 valence electrons. The highest BCUT2D eigenvalue weighted by atomic mass is 16.5. The van der Waals surface area contributed by atoms with Gasteiger partial charge in [0, 0.05) is 11.9 Å². The number of hydrogen-bond donors (Lipinski definition) is 2. The first-order chi connectivity index (χ1) is 9.60. The number of rotatable bonds is 5. The van der Waals surface area contributed by atoms with Crippen LogP contribution in [0.2, 0.25) is 0 Å². The smallest absolute Gasteiger partial charge is 0.248 e. The molecule has 0 saturated carbocycles. The van der Waals surface area contributed by atoms with Crippen LogP contribution in [0.5, 0.6) is 5.75 Å². The minimum Gasteiger partial charge on any atom is -0.494 e. The zero-order valence-electron chi connectivity index (χ0n) is 11.5. The number of ether oxygens (including phenoxy) is 1. The van der Waals surface area contributed by atoms with Crippen LogP contribution in [0.1, 0.15) is 19.9 Å². The molecule has 0 aliphatic heterocycles. The molecule has 6 heteroatoms. The maximum Gasteiger partial charge on any atom is 0.248 e. The Morgan fingerprint density at radius 2 is 2.10 bits per heavy atom. The third-order valence-corrected chi connectivity index (χ3v) is 2.84. The maximum atomic E-state index is 12.1. The Labute approximate surface area is 117 Å². The number of nitrogens with zero attached hydrogens (tertiary/aromatic N) is 2. The van der Waals surface area contributed by atoms with E-state index in [9.17, 15) is 4.79 Å². The quantitative estimate of drug-likeness (QED) is 0.874. The summed E-state index contributed by atoms with van der Waals surface area (Å²) in [5.74, 6) is 1.02. The molecule has 0 spiro atoms. The molecule has 2 aromatic rings. The number of benzene rings is 1. The van der Waals surface area contributed by atoms with E-state index in [0.29, 0.717) is 18.1 Å². The monoisotopic (exact) mass is 274 g/mol. The number of carbonyl (C=O) groups excluding carboxylic acids is 1. The summed E-state index contributed by atoms with van der Waals surface area (Å²) in [5.41, 5.74) is 6.25. The molecular formula is C14H18N4O2. The number of carbonyl (C=O) groups is 1. The van der Waals surface area contributed by atoms with Crippen molar-refractivity contribution in [2.45, 2.75) is 19.9 Å². The van der Waals surface area contributed by atoms with Gasteiger partial charge in [0.1, 0.15) is 17.6 Å². The lowest BCUT2D eigenvalue weighted by atomic mass is 10.2. The first kappa shape index (κ1) is 13.9. The molecule has 0 bridgehead atoms. The summed E-state index contributed by atoms with van der Waals surface area (Å²) < 4.78 is 6.87. The van der Waals surface area contributed by atoms with Crippen LogP contribution in [0.15, 0.2) is 36.5 Å². The van der Waals surface area contributed by atoms with Crippen LogP contribution in [-0.2, 0) is 4.79 Å². The van der Waals surface area contributed by atoms with Gasteiger partial charge in [-0.3, -0.25) is 9.48 Å². The lowest BCUT2D eigenvalue weighted by molar-refractivity contribution is -0.119. The normalized spacial score (nSPS) is 11.9. The molecule has 0 fully saturated rings. The van der Waals surface area contributed by atoms with Crippen molar-refractivity contribution in [2.24, 2.45) is 0 Å². The Morgan fingerprint density at radius 1 is 1.40 bits per heavy atom. The van der Waals surface area contributed by atoms with Gasteiger partial charge in [-0.05, 0) is 44.2 Å². The highest BCUT2D eigenvalue weighted by Gasteiger charge is 2.15. The number of nitrogens with one attached hydrogen (secondary N) is 1. The average Bonchev–Trinajstić information content (AvgIpc) is 2.87. The number of hydrogen-bond acceptors (Lipinski definition) is 4. The van der Waals surface area contributed by atoms with Crippen molar-refractivity contribution in [2.75, 3.05) is 17.7 Å². The highest BCUT2D eigenvalue weighted by Crippen LogP contribution is 2.17. The van der Waals surface area contributed by atoms with Crippen molar-refractivity contribution in [1.29, 1.82) is 0 Å². The minimum atomic E-state index is -0.432. The standard InChI is InChI=1S/C14H18N4O2/c1-3-20-12-6-4-11(5-7-12)16-14(19)10(2)18-9-8-13(15)17-18/h4-10H,3H2,1-2H3,(H2,15,17)(H,16,19). The maximum absolute atomic E-state index is 12.1. The second-order valence-corrected chi connectivity index (χ2v) is 4.34. The zero-order chi connectivity index (χ0) is 14.5. The summed E-state index contributed by atoms with van der Waals surface area (Å²) in [6.45, 7) is 4.30. The predicted molar refractivity (Wildman–Crippen MR) is 77.6 cm³/mol. The lowest BCUT2D eigenvalue weighted by Gasteiger charge is -2.13. The van der Waals surface area contributed by atoms with E-state index in [-0.39, 0.29) is 5.91 Å². The number of amides is 1. The molecule has 0 aliphatic rings. The first-order valence-electron chi connectivity index (χ1n) is 6.44. The van der Waals surface area contributed by atoms with Crippen molar-refractivity contribution in [3.8, 4) is 5.75 Å². The molecule has 2 rings (SSSR count). The van der Waals surface area contributed by atoms with Crippen LogP contribution < -0.4 is 15.8 Å². The topological polar surface area (TPSA) is 82.2 Å². The molecule has 6 nitrogen and oxygen atoms in total. The lowest BCUT2D eigenvalue weighted by Crippen LogP contribution is -2.24. The van der Waals surface area contributed by atoms with Gasteiger partial charge in [-0.2, -0.15) is 5.10 Å². The Kier molecular flexibility index (Phi) is 4.24. The zero-order valence-corrected chi connectivity index (χ0v) is 11.5. The van der Waals surface area contributed by atoms with E-state index < -0.39 is 6.04 Å². The van der Waals surface area contributed by atoms with Crippen molar-refractivity contribution < 1.29 is 9.53 Å². The molecule has 0 saturated heterocycles. The molecule has 1 unspecified atom stereocenters. The van der Waals surface area contributed by atoms with Gasteiger partial charge >= 0.3 is 0 Å².